The normalized spacial score (nSPS) is 0. The van der Waals surface area contributed by atoms with Crippen LogP contribution in [0.2, 0.25) is 0 Å². The summed E-state index contributed by atoms with van der Waals surface area (Å²) in [5.74, 6) is 0. The first-order valence-electron chi connectivity index (χ1n) is 0. The molecule has 0 aromatic heterocycles. The van der Waals surface area contributed by atoms with E-state index in [1.807, 2.05) is 0 Å². The van der Waals surface area contributed by atoms with Gasteiger partial charge in [0.2, 0.25) is 0 Å². The molecule has 4 heteroatoms. The Hall–Kier alpha value is 2.46. The Morgan fingerprint density at radius 2 is 0.750 bits per heavy atom. The summed E-state index contributed by atoms with van der Waals surface area (Å²) in [4.78, 5) is 0. The fourth-order valence-corrected chi connectivity index (χ4v) is 0. The molecule has 2 atom stereocenters. The van der Waals surface area contributed by atoms with Crippen LogP contribution in [0.15, 0.2) is 0 Å². The Bertz CT molecular complexity index is 6.00. The fraction of sp³-hybridized carbons (Fsp3) is 0. The molecule has 1 radical (unpaired) electrons. The van der Waals surface area contributed by atoms with E-state index in [0.29, 0.717) is 0 Å². The minimum atomic E-state index is 0. The molecule has 25 valence electrons. The summed E-state index contributed by atoms with van der Waals surface area (Å²) in [6.45, 7) is 0. The molecule has 0 bridgehead atoms. The number of hydrogen-bond donors (Lipinski definition) is 1. The van der Waals surface area contributed by atoms with Crippen molar-refractivity contribution in [3.05, 3.63) is 0 Å². The predicted molar refractivity (Wildman–Crippen MR) is 33.0 cm³/mol. The van der Waals surface area contributed by atoms with Crippen molar-refractivity contribution in [3.8, 4) is 0 Å². The van der Waals surface area contributed by atoms with Gasteiger partial charge in [-0.1, -0.05) is 0 Å². The largest absolute Gasteiger partial charge is 0.344 e. The zero-order chi connectivity index (χ0) is 0. The van der Waals surface area contributed by atoms with Gasteiger partial charge in [0, 0.05) is 51.4 Å². The zero-order valence-corrected chi connectivity index (χ0v) is 9.07. The second kappa shape index (κ2) is 18.0. The van der Waals surface area contributed by atoms with Gasteiger partial charge in [-0.3, -0.25) is 0 Å². The average Bonchev–Trinajstić information content (AvgIpc) is 0. The van der Waals surface area contributed by atoms with Crippen molar-refractivity contribution >= 4 is 71.2 Å². The summed E-state index contributed by atoms with van der Waals surface area (Å²) < 4.78 is 0. The van der Waals surface area contributed by atoms with Crippen molar-refractivity contribution in [1.29, 1.82) is 0 Å². The van der Waals surface area contributed by atoms with Gasteiger partial charge in [0.15, 0.2) is 0 Å². The van der Waals surface area contributed by atoms with Crippen LogP contribution in [-0.2, 0) is 0 Å². The number of hydrogen-bond acceptors (Lipinski definition) is 1. The molecular weight excluding hydrogens is 115 g/mol. The van der Waals surface area contributed by atoms with E-state index in [4.69, 9.17) is 0 Å². The third-order valence-corrected chi connectivity index (χ3v) is 0. The molecule has 3 N–H and O–H groups in total. The molecular formula is H9KNP2. The maximum absolute atomic E-state index is 0. The van der Waals surface area contributed by atoms with Gasteiger partial charge in [-0.15, -0.1) is 0 Å². The van der Waals surface area contributed by atoms with Crippen molar-refractivity contribution < 1.29 is 0 Å². The van der Waals surface area contributed by atoms with Crippen LogP contribution >= 0.6 is 19.8 Å². The van der Waals surface area contributed by atoms with Crippen LogP contribution in [0.1, 0.15) is 0 Å². The van der Waals surface area contributed by atoms with Crippen LogP contribution in [0.3, 0.4) is 0 Å². The summed E-state index contributed by atoms with van der Waals surface area (Å²) in [6.07, 6.45) is 0. The van der Waals surface area contributed by atoms with Crippen molar-refractivity contribution in [2.75, 3.05) is 0 Å². The van der Waals surface area contributed by atoms with Crippen molar-refractivity contribution in [2.24, 2.45) is 0 Å². The Kier molecular flexibility index (Phi) is 143. The minimum absolute atomic E-state index is 0. The first-order chi connectivity index (χ1) is 0. The molecule has 4 heavy (non-hydrogen) atoms. The van der Waals surface area contributed by atoms with E-state index in [1.165, 1.54) is 0 Å². The topological polar surface area (TPSA) is 35.0 Å². The quantitative estimate of drug-likeness (QED) is 0.355. The van der Waals surface area contributed by atoms with Crippen molar-refractivity contribution in [2.45, 2.75) is 0 Å². The van der Waals surface area contributed by atoms with Crippen LogP contribution in [-0.4, -0.2) is 51.4 Å². The van der Waals surface area contributed by atoms with Crippen LogP contribution < -0.4 is 6.15 Å². The molecule has 0 rings (SSSR count). The molecule has 0 aliphatic rings. The molecule has 0 spiro atoms. The molecule has 0 amide bonds. The molecule has 0 saturated heterocycles. The molecule has 0 aromatic rings. The fourth-order valence-electron chi connectivity index (χ4n) is 0. The summed E-state index contributed by atoms with van der Waals surface area (Å²) in [7, 11) is 0. The third-order valence-electron chi connectivity index (χ3n) is 0. The molecule has 0 aromatic carbocycles. The van der Waals surface area contributed by atoms with E-state index in [9.17, 15) is 0 Å². The van der Waals surface area contributed by atoms with E-state index < -0.39 is 0 Å². The maximum Gasteiger partial charge on any atom is 0 e. The van der Waals surface area contributed by atoms with Gasteiger partial charge in [-0.2, -0.15) is 19.8 Å². The second-order valence-corrected chi connectivity index (χ2v) is 0. The standard InChI is InChI=1S/K.H3N.2H3P/h;3*1H3. The van der Waals surface area contributed by atoms with Gasteiger partial charge in [0.1, 0.15) is 0 Å². The van der Waals surface area contributed by atoms with Crippen LogP contribution in [0.25, 0.3) is 0 Å². The summed E-state index contributed by atoms with van der Waals surface area (Å²) in [5.41, 5.74) is 0. The van der Waals surface area contributed by atoms with Crippen LogP contribution in [0.5, 0.6) is 0 Å². The Labute approximate surface area is 75.9 Å². The first-order valence-corrected chi connectivity index (χ1v) is 0. The van der Waals surface area contributed by atoms with Gasteiger partial charge in [-0.05, 0) is 0 Å². The molecule has 1 nitrogen and oxygen atoms in total. The first kappa shape index (κ1) is 31.9. The van der Waals surface area contributed by atoms with E-state index in [2.05, 4.69) is 0 Å². The molecule has 0 aliphatic carbocycles. The number of rotatable bonds is 0. The van der Waals surface area contributed by atoms with E-state index in [0.717, 1.165) is 0 Å². The van der Waals surface area contributed by atoms with Gasteiger partial charge >= 0.3 is 0 Å². The maximum atomic E-state index is 0. The van der Waals surface area contributed by atoms with E-state index >= 15 is 0 Å². The summed E-state index contributed by atoms with van der Waals surface area (Å²) in [6, 6.07) is 0. The van der Waals surface area contributed by atoms with E-state index in [-0.39, 0.29) is 77.3 Å². The SMILES string of the molecule is N.P.P.[K]. The van der Waals surface area contributed by atoms with Gasteiger partial charge in [-0.25, -0.2) is 0 Å². The van der Waals surface area contributed by atoms with Crippen molar-refractivity contribution in [3.63, 3.8) is 0 Å². The Morgan fingerprint density at radius 1 is 0.750 bits per heavy atom. The van der Waals surface area contributed by atoms with E-state index in [1.54, 1.807) is 0 Å². The third kappa shape index (κ3) is 8.82. The second-order valence-electron chi connectivity index (χ2n) is 0. The van der Waals surface area contributed by atoms with Gasteiger partial charge in [0.05, 0.1) is 0 Å². The summed E-state index contributed by atoms with van der Waals surface area (Å²) in [5, 5.41) is 0. The smallest absolute Gasteiger partial charge is 0 e. The predicted octanol–water partition coefficient (Wildman–Crippen LogP) is -0.103. The zero-order valence-electron chi connectivity index (χ0n) is 3.12. The molecule has 0 saturated carbocycles. The van der Waals surface area contributed by atoms with Gasteiger partial charge in [0.25, 0.3) is 0 Å². The summed E-state index contributed by atoms with van der Waals surface area (Å²) >= 11 is 0. The Morgan fingerprint density at radius 3 is 0.750 bits per heavy atom. The monoisotopic (exact) mass is 124 g/mol. The molecule has 0 heterocycles. The molecule has 0 aliphatic heterocycles. The van der Waals surface area contributed by atoms with Crippen LogP contribution in [0.4, 0.5) is 0 Å². The van der Waals surface area contributed by atoms with Crippen molar-refractivity contribution in [1.82, 2.24) is 6.15 Å². The van der Waals surface area contributed by atoms with Gasteiger partial charge < -0.3 is 6.15 Å². The van der Waals surface area contributed by atoms with Crippen LogP contribution in [0, 0.1) is 0 Å². The minimum Gasteiger partial charge on any atom is -0.344 e. The molecule has 0 fully saturated rings. The Balaban J connectivity index is 0. The average molecular weight is 124 g/mol. The molecule has 2 unspecified atom stereocenters.